The van der Waals surface area contributed by atoms with Crippen LogP contribution < -0.4 is 0 Å². The van der Waals surface area contributed by atoms with Crippen molar-refractivity contribution >= 4 is 12.0 Å². The van der Waals surface area contributed by atoms with Crippen LogP contribution in [0.4, 0.5) is 4.79 Å². The highest BCUT2D eigenvalue weighted by Gasteiger charge is 2.39. The fourth-order valence-electron chi connectivity index (χ4n) is 3.80. The van der Waals surface area contributed by atoms with Gasteiger partial charge in [-0.15, -0.1) is 0 Å². The van der Waals surface area contributed by atoms with Gasteiger partial charge in [0, 0.05) is 32.6 Å². The minimum atomic E-state index is -0.472. The lowest BCUT2D eigenvalue weighted by molar-refractivity contribution is -0.131. The maximum absolute atomic E-state index is 12.7. The van der Waals surface area contributed by atoms with Crippen LogP contribution in [0.5, 0.6) is 0 Å². The van der Waals surface area contributed by atoms with Gasteiger partial charge >= 0.3 is 6.09 Å². The van der Waals surface area contributed by atoms with E-state index in [0.29, 0.717) is 11.8 Å². The van der Waals surface area contributed by atoms with Crippen molar-refractivity contribution in [2.45, 2.75) is 71.9 Å². The first-order valence-corrected chi connectivity index (χ1v) is 8.92. The lowest BCUT2D eigenvalue weighted by Gasteiger charge is -2.45. The molecule has 0 aliphatic carbocycles. The number of nitrogens with zero attached hydrogens (tertiary/aromatic N) is 2. The van der Waals surface area contributed by atoms with Crippen molar-refractivity contribution < 1.29 is 14.3 Å². The van der Waals surface area contributed by atoms with Crippen LogP contribution in [-0.4, -0.2) is 53.1 Å². The highest BCUT2D eigenvalue weighted by molar-refractivity contribution is 5.73. The summed E-state index contributed by atoms with van der Waals surface area (Å²) in [5, 5.41) is 0. The van der Waals surface area contributed by atoms with E-state index in [2.05, 4.69) is 6.92 Å². The summed E-state index contributed by atoms with van der Waals surface area (Å²) in [6.07, 6.45) is 4.06. The van der Waals surface area contributed by atoms with Crippen molar-refractivity contribution in [2.75, 3.05) is 19.6 Å². The molecule has 5 nitrogen and oxygen atoms in total. The molecule has 2 heterocycles. The maximum atomic E-state index is 12.7. The molecule has 2 aliphatic heterocycles. The third-order valence-corrected chi connectivity index (χ3v) is 4.94. The molecule has 0 N–H and O–H groups in total. The van der Waals surface area contributed by atoms with E-state index in [9.17, 15) is 9.59 Å². The molecular weight excluding hydrogens is 292 g/mol. The number of rotatable bonds is 1. The Balaban J connectivity index is 2.10. The van der Waals surface area contributed by atoms with Gasteiger partial charge in [-0.05, 0) is 58.3 Å². The Morgan fingerprint density at radius 2 is 1.78 bits per heavy atom. The summed E-state index contributed by atoms with van der Waals surface area (Å²) >= 11 is 0. The fraction of sp³-hybridized carbons (Fsp3) is 0.889. The molecular formula is C18H32N2O3. The summed E-state index contributed by atoms with van der Waals surface area (Å²) in [6.45, 7) is 11.9. The van der Waals surface area contributed by atoms with Gasteiger partial charge in [-0.2, -0.15) is 0 Å². The Labute approximate surface area is 140 Å². The standard InChI is InChI=1S/C18H32N2O3/c1-13-8-9-16(15-7-6-10-19(12-15)14(2)21)20(11-13)17(22)23-18(3,4)5/h13,15-16H,6-12H2,1-5H3/t13?,15?,16-/m0/s1. The lowest BCUT2D eigenvalue weighted by Crippen LogP contribution is -2.54. The number of hydrogen-bond acceptors (Lipinski definition) is 3. The third-order valence-electron chi connectivity index (χ3n) is 4.94. The van der Waals surface area contributed by atoms with Gasteiger partial charge in [0.15, 0.2) is 0 Å². The molecule has 132 valence electrons. The molecule has 3 atom stereocenters. The minimum absolute atomic E-state index is 0.141. The fourth-order valence-corrected chi connectivity index (χ4v) is 3.80. The van der Waals surface area contributed by atoms with Crippen LogP contribution in [0.1, 0.15) is 60.3 Å². The number of carbonyl (C=O) groups excluding carboxylic acids is 2. The van der Waals surface area contributed by atoms with E-state index in [1.165, 1.54) is 0 Å². The van der Waals surface area contributed by atoms with Crippen molar-refractivity contribution in [1.29, 1.82) is 0 Å². The molecule has 2 fully saturated rings. The summed E-state index contributed by atoms with van der Waals surface area (Å²) in [4.78, 5) is 28.2. The van der Waals surface area contributed by atoms with Crippen LogP contribution in [0.2, 0.25) is 0 Å². The second-order valence-electron chi connectivity index (χ2n) is 8.25. The van der Waals surface area contributed by atoms with Crippen molar-refractivity contribution in [1.82, 2.24) is 9.80 Å². The molecule has 0 aromatic heterocycles. The molecule has 2 saturated heterocycles. The number of amides is 2. The Morgan fingerprint density at radius 3 is 2.39 bits per heavy atom. The summed E-state index contributed by atoms with van der Waals surface area (Å²) < 4.78 is 5.63. The smallest absolute Gasteiger partial charge is 0.410 e. The highest BCUT2D eigenvalue weighted by atomic mass is 16.6. The van der Waals surface area contributed by atoms with E-state index in [1.807, 2.05) is 30.6 Å². The van der Waals surface area contributed by atoms with E-state index in [0.717, 1.165) is 45.3 Å². The van der Waals surface area contributed by atoms with Gasteiger partial charge in [0.1, 0.15) is 5.60 Å². The minimum Gasteiger partial charge on any atom is -0.444 e. The predicted molar refractivity (Wildman–Crippen MR) is 90.1 cm³/mol. The Kier molecular flexibility index (Phi) is 5.58. The molecule has 0 aromatic rings. The van der Waals surface area contributed by atoms with Gasteiger partial charge in [-0.25, -0.2) is 4.79 Å². The zero-order valence-corrected chi connectivity index (χ0v) is 15.3. The number of hydrogen-bond donors (Lipinski definition) is 0. The number of piperidine rings is 2. The van der Waals surface area contributed by atoms with Crippen LogP contribution in [0.25, 0.3) is 0 Å². The molecule has 5 heteroatoms. The molecule has 0 saturated carbocycles. The Morgan fingerprint density at radius 1 is 1.09 bits per heavy atom. The van der Waals surface area contributed by atoms with E-state index in [-0.39, 0.29) is 18.0 Å². The first-order valence-electron chi connectivity index (χ1n) is 8.92. The molecule has 0 radical (unpaired) electrons. The van der Waals surface area contributed by atoms with Crippen molar-refractivity contribution in [3.8, 4) is 0 Å². The summed E-state index contributed by atoms with van der Waals surface area (Å²) in [7, 11) is 0. The van der Waals surface area contributed by atoms with E-state index in [4.69, 9.17) is 4.74 Å². The average molecular weight is 324 g/mol. The summed E-state index contributed by atoms with van der Waals surface area (Å²) in [5.41, 5.74) is -0.472. The van der Waals surface area contributed by atoms with Crippen molar-refractivity contribution in [3.05, 3.63) is 0 Å². The van der Waals surface area contributed by atoms with Gasteiger partial charge in [-0.3, -0.25) is 4.79 Å². The Bertz CT molecular complexity index is 444. The van der Waals surface area contributed by atoms with Crippen LogP contribution in [-0.2, 0) is 9.53 Å². The van der Waals surface area contributed by atoms with Gasteiger partial charge in [0.25, 0.3) is 0 Å². The van der Waals surface area contributed by atoms with Gasteiger partial charge in [0.05, 0.1) is 0 Å². The maximum Gasteiger partial charge on any atom is 0.410 e. The molecule has 2 amide bonds. The molecule has 2 aliphatic rings. The normalized spacial score (nSPS) is 29.3. The second kappa shape index (κ2) is 7.10. The van der Waals surface area contributed by atoms with E-state index < -0.39 is 5.60 Å². The SMILES string of the molecule is CC(=O)N1CCCC([C@@H]2CCC(C)CN2C(=O)OC(C)(C)C)C1. The lowest BCUT2D eigenvalue weighted by atomic mass is 9.82. The summed E-state index contributed by atoms with van der Waals surface area (Å²) in [5.74, 6) is 1.02. The second-order valence-corrected chi connectivity index (χ2v) is 8.25. The van der Waals surface area contributed by atoms with Crippen LogP contribution in [0.3, 0.4) is 0 Å². The average Bonchev–Trinajstić information content (AvgIpc) is 2.45. The molecule has 2 unspecified atom stereocenters. The van der Waals surface area contributed by atoms with Gasteiger partial charge in [-0.1, -0.05) is 6.92 Å². The third kappa shape index (κ3) is 4.85. The zero-order chi connectivity index (χ0) is 17.2. The summed E-state index contributed by atoms with van der Waals surface area (Å²) in [6, 6.07) is 0.197. The number of likely N-dealkylation sites (tertiary alicyclic amines) is 2. The molecule has 0 aromatic carbocycles. The van der Waals surface area contributed by atoms with Crippen LogP contribution in [0.15, 0.2) is 0 Å². The van der Waals surface area contributed by atoms with Crippen molar-refractivity contribution in [2.24, 2.45) is 11.8 Å². The topological polar surface area (TPSA) is 49.9 Å². The first-order chi connectivity index (χ1) is 10.7. The molecule has 23 heavy (non-hydrogen) atoms. The first kappa shape index (κ1) is 18.1. The number of carbonyl (C=O) groups is 2. The van der Waals surface area contributed by atoms with E-state index in [1.54, 1.807) is 6.92 Å². The van der Waals surface area contributed by atoms with Crippen molar-refractivity contribution in [3.63, 3.8) is 0 Å². The predicted octanol–water partition coefficient (Wildman–Crippen LogP) is 3.28. The monoisotopic (exact) mass is 324 g/mol. The Hall–Kier alpha value is -1.26. The number of ether oxygens (including phenoxy) is 1. The zero-order valence-electron chi connectivity index (χ0n) is 15.3. The van der Waals surface area contributed by atoms with Gasteiger partial charge in [0.2, 0.25) is 5.91 Å². The highest BCUT2D eigenvalue weighted by Crippen LogP contribution is 2.32. The van der Waals surface area contributed by atoms with Gasteiger partial charge < -0.3 is 14.5 Å². The molecule has 0 bridgehead atoms. The largest absolute Gasteiger partial charge is 0.444 e. The van der Waals surface area contributed by atoms with E-state index >= 15 is 0 Å². The van der Waals surface area contributed by atoms with Crippen LogP contribution in [0, 0.1) is 11.8 Å². The molecule has 0 spiro atoms. The quantitative estimate of drug-likeness (QED) is 0.744. The van der Waals surface area contributed by atoms with Crippen LogP contribution >= 0.6 is 0 Å². The molecule has 2 rings (SSSR count).